The molecule has 3 amide bonds. The van der Waals surface area contributed by atoms with E-state index in [4.69, 9.17) is 10.8 Å². The standard InChI is InChI=1S/C32H37N7O4/c1-34-38-37-30(33)26-8-5-9-27(20-26)36-32(43)39(28-16-14-24(15-17-28)23-6-3-2-4-7-23)21-22-10-12-25(13-11-22)31(42)35-19-18-29(40)41/h5,8-17,20,23H,2-4,6-7,18-19,21H2,1H3,(H,35,42)(H,36,43)(H,40,41)(H2,33,34,37)/p+1. The first-order chi connectivity index (χ1) is 20.8. The molecule has 0 heterocycles. The molecule has 0 spiro atoms. The molecule has 1 saturated carbocycles. The van der Waals surface area contributed by atoms with Gasteiger partial charge in [-0.05, 0) is 72.4 Å². The summed E-state index contributed by atoms with van der Waals surface area (Å²) in [7, 11) is 1.62. The molecule has 0 unspecified atom stereocenters. The van der Waals surface area contributed by atoms with Gasteiger partial charge in [-0.3, -0.25) is 14.5 Å². The largest absolute Gasteiger partial charge is 0.481 e. The highest BCUT2D eigenvalue weighted by Gasteiger charge is 2.20. The van der Waals surface area contributed by atoms with Crippen LogP contribution in [0.25, 0.3) is 0 Å². The molecule has 11 nitrogen and oxygen atoms in total. The highest BCUT2D eigenvalue weighted by Crippen LogP contribution is 2.33. The summed E-state index contributed by atoms with van der Waals surface area (Å²) >= 11 is 0. The number of nitrogens with zero attached hydrogens (tertiary/aromatic N) is 3. The van der Waals surface area contributed by atoms with E-state index in [1.807, 2.05) is 12.1 Å². The number of urea groups is 1. The Hall–Kier alpha value is -5.06. The van der Waals surface area contributed by atoms with Crippen LogP contribution in [0.2, 0.25) is 0 Å². The number of hydrogen-bond donors (Lipinski definition) is 5. The Balaban J connectivity index is 1.54. The van der Waals surface area contributed by atoms with Gasteiger partial charge in [0, 0.05) is 29.0 Å². The highest BCUT2D eigenvalue weighted by molar-refractivity contribution is 6.03. The molecular formula is C32H38N7O4+. The molecule has 43 heavy (non-hydrogen) atoms. The fourth-order valence-corrected chi connectivity index (χ4v) is 5.08. The van der Waals surface area contributed by atoms with Gasteiger partial charge in [-0.1, -0.05) is 49.6 Å². The Morgan fingerprint density at radius 3 is 2.37 bits per heavy atom. The zero-order valence-corrected chi connectivity index (χ0v) is 24.3. The van der Waals surface area contributed by atoms with Crippen LogP contribution in [0.5, 0.6) is 0 Å². The lowest BCUT2D eigenvalue weighted by molar-refractivity contribution is -0.501. The van der Waals surface area contributed by atoms with Crippen molar-refractivity contribution in [2.45, 2.75) is 51.0 Å². The van der Waals surface area contributed by atoms with Crippen molar-refractivity contribution in [1.82, 2.24) is 5.32 Å². The lowest BCUT2D eigenvalue weighted by Gasteiger charge is -2.26. The summed E-state index contributed by atoms with van der Waals surface area (Å²) in [5.41, 5.74) is 10.4. The van der Waals surface area contributed by atoms with Gasteiger partial charge in [-0.15, -0.1) is 0 Å². The van der Waals surface area contributed by atoms with E-state index in [9.17, 15) is 14.4 Å². The van der Waals surface area contributed by atoms with Crippen molar-refractivity contribution in [3.8, 4) is 0 Å². The van der Waals surface area contributed by atoms with E-state index in [1.165, 1.54) is 37.7 Å². The number of carbonyl (C=O) groups is 3. The maximum atomic E-state index is 13.7. The lowest BCUT2D eigenvalue weighted by Crippen LogP contribution is -2.58. The number of carboxylic acids is 1. The molecule has 11 heteroatoms. The van der Waals surface area contributed by atoms with Crippen molar-refractivity contribution in [3.05, 3.63) is 95.1 Å². The molecule has 1 fully saturated rings. The number of rotatable bonds is 11. The third-order valence-electron chi connectivity index (χ3n) is 7.38. The molecule has 0 saturated heterocycles. The smallest absolute Gasteiger partial charge is 0.326 e. The second-order valence-corrected chi connectivity index (χ2v) is 10.4. The third-order valence-corrected chi connectivity index (χ3v) is 7.38. The number of nitrogens with two attached hydrogens (primary N) is 1. The Labute approximate surface area is 250 Å². The minimum absolute atomic E-state index is 0.0453. The van der Waals surface area contributed by atoms with Crippen LogP contribution in [-0.4, -0.2) is 42.4 Å². The quantitative estimate of drug-likeness (QED) is 0.0995. The molecule has 4 rings (SSSR count). The van der Waals surface area contributed by atoms with Gasteiger partial charge in [0.1, 0.15) is 5.22 Å². The topological polar surface area (TPSA) is 163 Å². The second-order valence-electron chi connectivity index (χ2n) is 10.4. The van der Waals surface area contributed by atoms with Crippen LogP contribution in [0, 0.1) is 0 Å². The van der Waals surface area contributed by atoms with Gasteiger partial charge in [0.05, 0.1) is 25.1 Å². The van der Waals surface area contributed by atoms with Crippen LogP contribution in [0.4, 0.5) is 16.2 Å². The predicted molar refractivity (Wildman–Crippen MR) is 165 cm³/mol. The van der Waals surface area contributed by atoms with Gasteiger partial charge in [-0.2, -0.15) is 5.11 Å². The van der Waals surface area contributed by atoms with Crippen molar-refractivity contribution in [3.63, 3.8) is 0 Å². The van der Waals surface area contributed by atoms with Crippen molar-refractivity contribution in [2.24, 2.45) is 16.1 Å². The average Bonchev–Trinajstić information content (AvgIpc) is 3.03. The monoisotopic (exact) mass is 584 g/mol. The Kier molecular flexibility index (Phi) is 11.0. The molecule has 224 valence electrons. The van der Waals surface area contributed by atoms with E-state index in [0.717, 1.165) is 11.3 Å². The molecule has 0 bridgehead atoms. The summed E-state index contributed by atoms with van der Waals surface area (Å²) in [4.78, 5) is 38.5. The Morgan fingerprint density at radius 2 is 1.70 bits per heavy atom. The van der Waals surface area contributed by atoms with Crippen molar-refractivity contribution < 1.29 is 24.6 Å². The molecule has 1 aliphatic carbocycles. The Morgan fingerprint density at radius 1 is 0.977 bits per heavy atom. The summed E-state index contributed by atoms with van der Waals surface area (Å²) in [6.07, 6.45) is 5.99. The van der Waals surface area contributed by atoms with E-state index < -0.39 is 5.97 Å². The van der Waals surface area contributed by atoms with Gasteiger partial charge in [0.15, 0.2) is 0 Å². The number of carbonyl (C=O) groups excluding carboxylic acids is 2. The van der Waals surface area contributed by atoms with Crippen LogP contribution < -0.4 is 26.4 Å². The number of nitrogens with one attached hydrogen (secondary N) is 3. The first kappa shape index (κ1) is 30.9. The molecule has 0 radical (unpaired) electrons. The summed E-state index contributed by atoms with van der Waals surface area (Å²) in [6, 6.07) is 21.8. The van der Waals surface area contributed by atoms with E-state index >= 15 is 0 Å². The number of hydrogen-bond acceptors (Lipinski definition) is 4. The van der Waals surface area contributed by atoms with Crippen molar-refractivity contribution >= 4 is 35.1 Å². The lowest BCUT2D eigenvalue weighted by atomic mass is 9.84. The summed E-state index contributed by atoms with van der Waals surface area (Å²) in [5.74, 6) is -0.587. The minimum atomic E-state index is -0.978. The Bertz CT molecular complexity index is 1460. The number of benzene rings is 3. The SMILES string of the molecule is C[NH+]=N/N=C(\N)c1cccc(NC(=O)N(Cc2ccc(C(=O)NCCC(=O)O)cc2)c2ccc(C3CCCCC3)cc2)c1. The minimum Gasteiger partial charge on any atom is -0.481 e. The van der Waals surface area contributed by atoms with E-state index in [1.54, 1.807) is 60.5 Å². The summed E-state index contributed by atoms with van der Waals surface area (Å²) < 4.78 is 0. The number of amidine groups is 1. The third kappa shape index (κ3) is 8.96. The zero-order valence-electron chi connectivity index (χ0n) is 24.3. The summed E-state index contributed by atoms with van der Waals surface area (Å²) in [5, 5.41) is 24.5. The van der Waals surface area contributed by atoms with Crippen LogP contribution >= 0.6 is 0 Å². The molecule has 1 aliphatic rings. The zero-order chi connectivity index (χ0) is 30.6. The van der Waals surface area contributed by atoms with E-state index in [0.29, 0.717) is 22.7 Å². The van der Waals surface area contributed by atoms with E-state index in [2.05, 4.69) is 38.2 Å². The number of carboxylic acid groups (broad SMARTS) is 1. The number of anilines is 2. The summed E-state index contributed by atoms with van der Waals surface area (Å²) in [6.45, 7) is 0.295. The first-order valence-corrected chi connectivity index (χ1v) is 14.4. The first-order valence-electron chi connectivity index (χ1n) is 14.4. The fraction of sp³-hybridized carbons (Fsp3) is 0.312. The van der Waals surface area contributed by atoms with E-state index in [-0.39, 0.29) is 37.3 Å². The predicted octanol–water partition coefficient (Wildman–Crippen LogP) is 3.96. The van der Waals surface area contributed by atoms with Crippen molar-refractivity contribution in [2.75, 3.05) is 23.8 Å². The maximum absolute atomic E-state index is 13.7. The molecular weight excluding hydrogens is 546 g/mol. The maximum Gasteiger partial charge on any atom is 0.326 e. The number of aliphatic carboxylic acids is 1. The van der Waals surface area contributed by atoms with Gasteiger partial charge in [0.25, 0.3) is 11.7 Å². The normalized spacial score (nSPS) is 13.9. The molecule has 0 aliphatic heterocycles. The molecule has 3 aromatic carbocycles. The number of amides is 3. The molecule has 3 aromatic rings. The fourth-order valence-electron chi connectivity index (χ4n) is 5.08. The van der Waals surface area contributed by atoms with Crippen LogP contribution in [0.3, 0.4) is 0 Å². The van der Waals surface area contributed by atoms with Gasteiger partial charge >= 0.3 is 12.0 Å². The van der Waals surface area contributed by atoms with Gasteiger partial charge in [-0.25, -0.2) is 4.79 Å². The van der Waals surface area contributed by atoms with Crippen LogP contribution in [0.1, 0.15) is 71.5 Å². The highest BCUT2D eigenvalue weighted by atomic mass is 16.4. The molecule has 6 N–H and O–H groups in total. The second kappa shape index (κ2) is 15.2. The average molecular weight is 585 g/mol. The van der Waals surface area contributed by atoms with Gasteiger partial charge < -0.3 is 21.5 Å². The van der Waals surface area contributed by atoms with Crippen LogP contribution in [-0.2, 0) is 11.3 Å². The molecule has 0 aromatic heterocycles. The van der Waals surface area contributed by atoms with Gasteiger partial charge in [0.2, 0.25) is 0 Å². The van der Waals surface area contributed by atoms with Crippen LogP contribution in [0.15, 0.2) is 83.1 Å². The molecule has 0 atom stereocenters. The van der Waals surface area contributed by atoms with Crippen molar-refractivity contribution in [1.29, 1.82) is 0 Å².